The molecule has 38 heavy (non-hydrogen) atoms. The molecule has 0 bridgehead atoms. The molecule has 0 aliphatic rings. The molecule has 1 amide bonds. The van der Waals surface area contributed by atoms with Gasteiger partial charge >= 0.3 is 0 Å². The molecule has 0 radical (unpaired) electrons. The van der Waals surface area contributed by atoms with Crippen LogP contribution in [-0.2, 0) is 6.42 Å². The van der Waals surface area contributed by atoms with E-state index in [1.807, 2.05) is 32.9 Å². The second-order valence-corrected chi connectivity index (χ2v) is 9.58. The molecule has 1 atom stereocenters. The first-order valence-corrected chi connectivity index (χ1v) is 12.3. The van der Waals surface area contributed by atoms with E-state index in [-0.39, 0.29) is 54.7 Å². The summed E-state index contributed by atoms with van der Waals surface area (Å²) in [5.41, 5.74) is 2.31. The molecular formula is C29H32ClF2N3O3. The molecule has 0 aliphatic carbocycles. The Labute approximate surface area is 226 Å². The second kappa shape index (κ2) is 12.4. The number of carbonyl (C=O) groups excluding carboxylic acids is 1. The average Bonchev–Trinajstić information content (AvgIpc) is 3.28. The highest BCUT2D eigenvalue weighted by molar-refractivity contribution is 6.32. The largest absolute Gasteiger partial charge is 0.489 e. The van der Waals surface area contributed by atoms with Crippen molar-refractivity contribution in [2.45, 2.75) is 53.2 Å². The zero-order valence-corrected chi connectivity index (χ0v) is 21.5. The van der Waals surface area contributed by atoms with Crippen molar-refractivity contribution < 1.29 is 23.4 Å². The van der Waals surface area contributed by atoms with Crippen molar-refractivity contribution in [3.8, 4) is 17.0 Å². The first kappa shape index (κ1) is 29.1. The zero-order valence-electron chi connectivity index (χ0n) is 20.8. The first-order chi connectivity index (χ1) is 17.7. The van der Waals surface area contributed by atoms with E-state index in [0.29, 0.717) is 17.1 Å². The van der Waals surface area contributed by atoms with Crippen LogP contribution in [0.3, 0.4) is 0 Å². The number of ether oxygens (including phenoxy) is 1. The number of pyridine rings is 1. The van der Waals surface area contributed by atoms with Crippen LogP contribution in [0, 0.1) is 18.6 Å². The predicted molar refractivity (Wildman–Crippen MR) is 146 cm³/mol. The Balaban J connectivity index is 0.00000400. The summed E-state index contributed by atoms with van der Waals surface area (Å²) in [6.07, 6.45) is 3.51. The van der Waals surface area contributed by atoms with Crippen molar-refractivity contribution in [1.29, 1.82) is 0 Å². The number of aliphatic hydroxyl groups is 1. The maximum absolute atomic E-state index is 15.1. The fraction of sp³-hybridized carbons (Fsp3) is 0.310. The number of imidazole rings is 1. The lowest BCUT2D eigenvalue weighted by molar-refractivity contribution is 0.0930. The molecule has 0 saturated carbocycles. The number of amides is 1. The Hall–Kier alpha value is -3.49. The summed E-state index contributed by atoms with van der Waals surface area (Å²) in [4.78, 5) is 17.3. The number of hydrogen-bond donors (Lipinski definition) is 2. The van der Waals surface area contributed by atoms with Gasteiger partial charge in [0.05, 0.1) is 16.8 Å². The van der Waals surface area contributed by atoms with Crippen LogP contribution in [0.4, 0.5) is 8.78 Å². The Bertz CT molecular complexity index is 1440. The number of rotatable bonds is 9. The van der Waals surface area contributed by atoms with Gasteiger partial charge in [0.2, 0.25) is 0 Å². The second-order valence-electron chi connectivity index (χ2n) is 9.17. The fourth-order valence-corrected chi connectivity index (χ4v) is 4.36. The van der Waals surface area contributed by atoms with Crippen molar-refractivity contribution in [2.24, 2.45) is 0 Å². The lowest BCUT2D eigenvalue weighted by Gasteiger charge is -2.19. The van der Waals surface area contributed by atoms with E-state index in [4.69, 9.17) is 16.3 Å². The van der Waals surface area contributed by atoms with E-state index in [9.17, 15) is 9.90 Å². The number of hydrogen-bond acceptors (Lipinski definition) is 4. The fourth-order valence-electron chi connectivity index (χ4n) is 4.13. The zero-order chi connectivity index (χ0) is 26.7. The number of aliphatic hydroxyl groups excluding tert-OH is 1. The van der Waals surface area contributed by atoms with Gasteiger partial charge in [-0.15, -0.1) is 0 Å². The van der Waals surface area contributed by atoms with E-state index in [1.54, 1.807) is 28.9 Å². The van der Waals surface area contributed by atoms with Crippen molar-refractivity contribution >= 4 is 23.2 Å². The van der Waals surface area contributed by atoms with Gasteiger partial charge in [-0.1, -0.05) is 25.1 Å². The average molecular weight is 544 g/mol. The number of nitrogens with one attached hydrogen (secondary N) is 1. The van der Waals surface area contributed by atoms with Crippen LogP contribution in [0.5, 0.6) is 5.75 Å². The summed E-state index contributed by atoms with van der Waals surface area (Å²) in [5.74, 6) is -1.24. The van der Waals surface area contributed by atoms with Crippen LogP contribution in [0.2, 0.25) is 5.02 Å². The maximum atomic E-state index is 15.1. The van der Waals surface area contributed by atoms with Gasteiger partial charge in [0.1, 0.15) is 23.0 Å². The van der Waals surface area contributed by atoms with Crippen molar-refractivity contribution in [3.63, 3.8) is 0 Å². The summed E-state index contributed by atoms with van der Waals surface area (Å²) in [5, 5.41) is 12.6. The van der Waals surface area contributed by atoms with Crippen LogP contribution < -0.4 is 10.1 Å². The lowest BCUT2D eigenvalue weighted by Crippen LogP contribution is -2.37. The van der Waals surface area contributed by atoms with Gasteiger partial charge in [0.25, 0.3) is 5.91 Å². The molecule has 2 aromatic heterocycles. The van der Waals surface area contributed by atoms with Crippen molar-refractivity contribution in [1.82, 2.24) is 14.7 Å². The quantitative estimate of drug-likeness (QED) is 0.256. The number of aryl methyl sites for hydroxylation is 1. The Morgan fingerprint density at radius 2 is 1.95 bits per heavy atom. The summed E-state index contributed by atoms with van der Waals surface area (Å²) in [6.45, 7) is 5.38. The molecule has 6 nitrogen and oxygen atoms in total. The molecule has 0 unspecified atom stereocenters. The third-order valence-corrected chi connectivity index (χ3v) is 6.22. The molecule has 4 rings (SSSR count). The number of fused-ring (bicyclic) bond motifs is 1. The SMILES string of the molecule is C.Cc1cccn2cc(-c3cc(F)c(C[C@@H](CCO)NC(=O)c4ccc(OC(C)C)c(Cl)c4)cc3F)nc12. The van der Waals surface area contributed by atoms with Gasteiger partial charge < -0.3 is 19.6 Å². The maximum Gasteiger partial charge on any atom is 0.251 e. The van der Waals surface area contributed by atoms with E-state index in [2.05, 4.69) is 10.3 Å². The van der Waals surface area contributed by atoms with Gasteiger partial charge in [0.15, 0.2) is 0 Å². The third kappa shape index (κ3) is 6.49. The molecule has 9 heteroatoms. The normalized spacial score (nSPS) is 11.9. The topological polar surface area (TPSA) is 75.9 Å². The van der Waals surface area contributed by atoms with Gasteiger partial charge in [-0.05, 0) is 81.1 Å². The molecule has 4 aromatic rings. The molecular weight excluding hydrogens is 512 g/mol. The minimum atomic E-state index is -0.638. The molecule has 0 saturated heterocycles. The van der Waals surface area contributed by atoms with Gasteiger partial charge in [-0.25, -0.2) is 13.8 Å². The summed E-state index contributed by atoms with van der Waals surface area (Å²) in [7, 11) is 0. The lowest BCUT2D eigenvalue weighted by atomic mass is 9.99. The minimum absolute atomic E-state index is 0. The molecule has 2 aromatic carbocycles. The molecule has 202 valence electrons. The molecule has 0 aliphatic heterocycles. The number of halogens is 3. The monoisotopic (exact) mass is 543 g/mol. The Morgan fingerprint density at radius 3 is 2.61 bits per heavy atom. The van der Waals surface area contributed by atoms with E-state index in [1.165, 1.54) is 6.07 Å². The van der Waals surface area contributed by atoms with Crippen LogP contribution in [0.1, 0.15) is 49.2 Å². The Morgan fingerprint density at radius 1 is 1.18 bits per heavy atom. The number of benzene rings is 2. The van der Waals surface area contributed by atoms with Crippen LogP contribution >= 0.6 is 11.6 Å². The van der Waals surface area contributed by atoms with Crippen molar-refractivity contribution in [2.75, 3.05) is 6.61 Å². The van der Waals surface area contributed by atoms with Crippen LogP contribution in [0.25, 0.3) is 16.9 Å². The third-order valence-electron chi connectivity index (χ3n) is 5.93. The van der Waals surface area contributed by atoms with E-state index < -0.39 is 23.6 Å². The van der Waals surface area contributed by atoms with E-state index in [0.717, 1.165) is 17.7 Å². The highest BCUT2D eigenvalue weighted by atomic mass is 35.5. The highest BCUT2D eigenvalue weighted by Gasteiger charge is 2.20. The predicted octanol–water partition coefficient (Wildman–Crippen LogP) is 6.39. The van der Waals surface area contributed by atoms with E-state index >= 15 is 8.78 Å². The number of carbonyl (C=O) groups is 1. The van der Waals surface area contributed by atoms with Crippen LogP contribution in [-0.4, -0.2) is 39.2 Å². The molecule has 0 fully saturated rings. The molecule has 2 heterocycles. The highest BCUT2D eigenvalue weighted by Crippen LogP contribution is 2.28. The standard InChI is InChI=1S/C28H28ClF2N3O3.CH4/c1-16(2)37-26-7-6-18(12-22(26)29)28(36)32-20(8-10-35)11-19-13-24(31)21(14-23(19)30)25-15-34-9-4-5-17(3)27(34)33-25;/h4-7,9,12-16,20,35H,8,10-11H2,1-3H3,(H,32,36);1H4/t20-;/m1./s1. The minimum Gasteiger partial charge on any atom is -0.489 e. The van der Waals surface area contributed by atoms with Gasteiger partial charge in [-0.2, -0.15) is 0 Å². The van der Waals surface area contributed by atoms with Crippen molar-refractivity contribution in [3.05, 3.63) is 88.2 Å². The number of aromatic nitrogens is 2. The Kier molecular flexibility index (Phi) is 9.46. The first-order valence-electron chi connectivity index (χ1n) is 12.0. The van der Waals surface area contributed by atoms with Gasteiger partial charge in [0, 0.05) is 36.2 Å². The summed E-state index contributed by atoms with van der Waals surface area (Å²) in [6, 6.07) is 10.00. The van der Waals surface area contributed by atoms with Gasteiger partial charge in [-0.3, -0.25) is 4.79 Å². The summed E-state index contributed by atoms with van der Waals surface area (Å²) >= 11 is 6.24. The smallest absolute Gasteiger partial charge is 0.251 e. The molecule has 0 spiro atoms. The van der Waals surface area contributed by atoms with Crippen LogP contribution in [0.15, 0.2) is 54.9 Å². The number of nitrogens with zero attached hydrogens (tertiary/aromatic N) is 2. The molecule has 2 N–H and O–H groups in total. The summed E-state index contributed by atoms with van der Waals surface area (Å²) < 4.78 is 37.6.